The van der Waals surface area contributed by atoms with Gasteiger partial charge in [0.2, 0.25) is 0 Å². The Hall–Kier alpha value is -0.930. The molecule has 0 aliphatic carbocycles. The quantitative estimate of drug-likeness (QED) is 0.888. The van der Waals surface area contributed by atoms with Crippen molar-refractivity contribution in [2.45, 2.75) is 52.2 Å². The van der Waals surface area contributed by atoms with Gasteiger partial charge in [-0.15, -0.1) is 0 Å². The molecule has 0 spiro atoms. The van der Waals surface area contributed by atoms with Crippen molar-refractivity contribution in [3.05, 3.63) is 29.6 Å². The van der Waals surface area contributed by atoms with Crippen molar-refractivity contribution in [3.63, 3.8) is 0 Å². The molecule has 2 rings (SSSR count). The molecule has 1 aliphatic rings. The van der Waals surface area contributed by atoms with Crippen LogP contribution in [0.5, 0.6) is 0 Å². The average molecular weight is 247 g/mol. The molecule has 0 bridgehead atoms. The Morgan fingerprint density at radius 3 is 2.94 bits per heavy atom. The topological polar surface area (TPSA) is 28.2 Å². The van der Waals surface area contributed by atoms with Gasteiger partial charge in [0.25, 0.3) is 0 Å². The Labute approximate surface area is 111 Å². The molecule has 100 valence electrons. The zero-order valence-electron chi connectivity index (χ0n) is 12.0. The number of piperazine rings is 1. The first-order valence-corrected chi connectivity index (χ1v) is 6.90. The number of pyridine rings is 1. The van der Waals surface area contributed by atoms with Gasteiger partial charge >= 0.3 is 0 Å². The van der Waals surface area contributed by atoms with Crippen molar-refractivity contribution >= 4 is 0 Å². The lowest BCUT2D eigenvalue weighted by Crippen LogP contribution is -2.61. The molecule has 0 saturated carbocycles. The predicted octanol–water partition coefficient (Wildman–Crippen LogP) is 2.35. The van der Waals surface area contributed by atoms with Crippen molar-refractivity contribution in [1.82, 2.24) is 15.2 Å². The van der Waals surface area contributed by atoms with Crippen molar-refractivity contribution < 1.29 is 0 Å². The van der Waals surface area contributed by atoms with Crippen LogP contribution >= 0.6 is 0 Å². The molecule has 18 heavy (non-hydrogen) atoms. The average Bonchev–Trinajstić information content (AvgIpc) is 2.31. The number of rotatable bonds is 3. The first-order valence-electron chi connectivity index (χ1n) is 6.90. The third-order valence-electron chi connectivity index (χ3n) is 3.92. The molecule has 1 N–H and O–H groups in total. The van der Waals surface area contributed by atoms with Crippen LogP contribution in [-0.2, 0) is 6.54 Å². The number of nitrogens with one attached hydrogen (secondary N) is 1. The van der Waals surface area contributed by atoms with Crippen molar-refractivity contribution in [2.24, 2.45) is 0 Å². The number of hydrogen-bond donors (Lipinski definition) is 1. The van der Waals surface area contributed by atoms with Crippen molar-refractivity contribution in [1.29, 1.82) is 0 Å². The molecule has 1 fully saturated rings. The van der Waals surface area contributed by atoms with E-state index in [-0.39, 0.29) is 5.54 Å². The molecule has 3 heteroatoms. The lowest BCUT2D eigenvalue weighted by Gasteiger charge is -2.44. The second-order valence-electron chi connectivity index (χ2n) is 6.03. The molecule has 0 aromatic carbocycles. The smallest absolute Gasteiger partial charge is 0.0315 e. The summed E-state index contributed by atoms with van der Waals surface area (Å²) in [5.41, 5.74) is 2.91. The van der Waals surface area contributed by atoms with Crippen molar-refractivity contribution in [3.8, 4) is 0 Å². The number of hydrogen-bond acceptors (Lipinski definition) is 3. The molecular weight excluding hydrogens is 222 g/mol. The van der Waals surface area contributed by atoms with Gasteiger partial charge in [-0.25, -0.2) is 0 Å². The molecule has 0 amide bonds. The molecule has 0 radical (unpaired) electrons. The minimum atomic E-state index is 0.210. The van der Waals surface area contributed by atoms with Gasteiger partial charge in [0.05, 0.1) is 0 Å². The third kappa shape index (κ3) is 3.09. The van der Waals surface area contributed by atoms with E-state index in [2.05, 4.69) is 49.0 Å². The highest BCUT2D eigenvalue weighted by molar-refractivity contribution is 5.21. The lowest BCUT2D eigenvalue weighted by atomic mass is 9.96. The normalized spacial score (nSPS) is 24.1. The van der Waals surface area contributed by atoms with Crippen LogP contribution in [0.3, 0.4) is 0 Å². The van der Waals surface area contributed by atoms with Crippen LogP contribution in [0, 0.1) is 6.92 Å². The summed E-state index contributed by atoms with van der Waals surface area (Å²) in [4.78, 5) is 6.85. The van der Waals surface area contributed by atoms with E-state index >= 15 is 0 Å². The van der Waals surface area contributed by atoms with Crippen LogP contribution in [0.2, 0.25) is 0 Å². The highest BCUT2D eigenvalue weighted by atomic mass is 15.2. The largest absolute Gasteiger partial charge is 0.309 e. The molecular formula is C15H25N3. The Balaban J connectivity index is 2.12. The van der Waals surface area contributed by atoms with E-state index in [1.807, 2.05) is 12.4 Å². The SMILES string of the molecule is CCC1CNC(C)(C)CN1Cc1cnccc1C. The zero-order chi connectivity index (χ0) is 13.2. The minimum absolute atomic E-state index is 0.210. The number of nitrogens with zero attached hydrogens (tertiary/aromatic N) is 2. The van der Waals surface area contributed by atoms with E-state index in [1.165, 1.54) is 17.5 Å². The van der Waals surface area contributed by atoms with E-state index < -0.39 is 0 Å². The Morgan fingerprint density at radius 1 is 1.50 bits per heavy atom. The number of aryl methyl sites for hydroxylation is 1. The second-order valence-corrected chi connectivity index (χ2v) is 6.03. The summed E-state index contributed by atoms with van der Waals surface area (Å²) >= 11 is 0. The van der Waals surface area contributed by atoms with Gasteiger partial charge in [-0.3, -0.25) is 9.88 Å². The van der Waals surface area contributed by atoms with Gasteiger partial charge in [0, 0.05) is 43.6 Å². The van der Waals surface area contributed by atoms with Crippen LogP contribution in [-0.4, -0.2) is 34.6 Å². The molecule has 1 unspecified atom stereocenters. The lowest BCUT2D eigenvalue weighted by molar-refractivity contribution is 0.0856. The van der Waals surface area contributed by atoms with Crippen LogP contribution < -0.4 is 5.32 Å². The van der Waals surface area contributed by atoms with Gasteiger partial charge in [0.15, 0.2) is 0 Å². The molecule has 1 aromatic rings. The minimum Gasteiger partial charge on any atom is -0.309 e. The van der Waals surface area contributed by atoms with Crippen LogP contribution in [0.25, 0.3) is 0 Å². The second kappa shape index (κ2) is 5.37. The monoisotopic (exact) mass is 247 g/mol. The van der Waals surface area contributed by atoms with E-state index in [1.54, 1.807) is 0 Å². The molecule has 2 heterocycles. The summed E-state index contributed by atoms with van der Waals surface area (Å²) in [5.74, 6) is 0. The predicted molar refractivity (Wildman–Crippen MR) is 75.5 cm³/mol. The maximum absolute atomic E-state index is 4.26. The Bertz CT molecular complexity index is 400. The fraction of sp³-hybridized carbons (Fsp3) is 0.667. The van der Waals surface area contributed by atoms with Gasteiger partial charge < -0.3 is 5.32 Å². The Kier molecular flexibility index (Phi) is 4.03. The third-order valence-corrected chi connectivity index (χ3v) is 3.92. The first-order chi connectivity index (χ1) is 8.52. The van der Waals surface area contributed by atoms with Gasteiger partial charge in [-0.2, -0.15) is 0 Å². The highest BCUT2D eigenvalue weighted by Crippen LogP contribution is 2.20. The summed E-state index contributed by atoms with van der Waals surface area (Å²) in [6.07, 6.45) is 5.08. The summed E-state index contributed by atoms with van der Waals surface area (Å²) in [5, 5.41) is 3.63. The first kappa shape index (κ1) is 13.5. The summed E-state index contributed by atoms with van der Waals surface area (Å²) in [6, 6.07) is 2.74. The fourth-order valence-electron chi connectivity index (χ4n) is 2.68. The standard InChI is InChI=1S/C15H25N3/c1-5-14-9-17-15(3,4)11-18(14)10-13-8-16-7-6-12(13)2/h6-8,14,17H,5,9-11H2,1-4H3. The van der Waals surface area contributed by atoms with E-state index in [0.29, 0.717) is 6.04 Å². The van der Waals surface area contributed by atoms with E-state index in [0.717, 1.165) is 19.6 Å². The maximum atomic E-state index is 4.26. The zero-order valence-corrected chi connectivity index (χ0v) is 12.0. The molecule has 1 atom stereocenters. The van der Waals surface area contributed by atoms with E-state index in [4.69, 9.17) is 0 Å². The summed E-state index contributed by atoms with van der Waals surface area (Å²) < 4.78 is 0. The molecule has 3 nitrogen and oxygen atoms in total. The fourth-order valence-corrected chi connectivity index (χ4v) is 2.68. The highest BCUT2D eigenvalue weighted by Gasteiger charge is 2.31. The Morgan fingerprint density at radius 2 is 2.28 bits per heavy atom. The van der Waals surface area contributed by atoms with Gasteiger partial charge in [0.1, 0.15) is 0 Å². The summed E-state index contributed by atoms with van der Waals surface area (Å²) in [6.45, 7) is 12.2. The van der Waals surface area contributed by atoms with Gasteiger partial charge in [-0.05, 0) is 44.4 Å². The van der Waals surface area contributed by atoms with Crippen LogP contribution in [0.4, 0.5) is 0 Å². The van der Waals surface area contributed by atoms with Gasteiger partial charge in [-0.1, -0.05) is 6.92 Å². The molecule has 1 aromatic heterocycles. The van der Waals surface area contributed by atoms with Crippen LogP contribution in [0.1, 0.15) is 38.3 Å². The summed E-state index contributed by atoms with van der Waals surface area (Å²) in [7, 11) is 0. The van der Waals surface area contributed by atoms with Crippen molar-refractivity contribution in [2.75, 3.05) is 13.1 Å². The number of aromatic nitrogens is 1. The van der Waals surface area contributed by atoms with E-state index in [9.17, 15) is 0 Å². The molecule has 1 aliphatic heterocycles. The van der Waals surface area contributed by atoms with Crippen LogP contribution in [0.15, 0.2) is 18.5 Å². The molecule has 1 saturated heterocycles. The maximum Gasteiger partial charge on any atom is 0.0315 e.